The van der Waals surface area contributed by atoms with Gasteiger partial charge in [-0.3, -0.25) is 9.63 Å². The fourth-order valence-electron chi connectivity index (χ4n) is 4.14. The van der Waals surface area contributed by atoms with E-state index in [1.807, 2.05) is 31.2 Å². The molecule has 0 spiro atoms. The number of benzene rings is 2. The van der Waals surface area contributed by atoms with Crippen LogP contribution in [0, 0.1) is 5.92 Å². The lowest BCUT2D eigenvalue weighted by Crippen LogP contribution is -2.29. The first-order valence-corrected chi connectivity index (χ1v) is 11.2. The summed E-state index contributed by atoms with van der Waals surface area (Å²) in [7, 11) is 0. The zero-order chi connectivity index (χ0) is 23.6. The van der Waals surface area contributed by atoms with E-state index in [0.29, 0.717) is 19.4 Å². The molecular weight excluding hydrogens is 424 g/mol. The molecule has 0 saturated carbocycles. The summed E-state index contributed by atoms with van der Waals surface area (Å²) in [6.07, 6.45) is 1.96. The summed E-state index contributed by atoms with van der Waals surface area (Å²) in [5, 5.41) is 11.3. The Labute approximate surface area is 193 Å². The lowest BCUT2D eigenvalue weighted by atomic mass is 9.96. The van der Waals surface area contributed by atoms with Gasteiger partial charge in [0.25, 0.3) is 0 Å². The first kappa shape index (κ1) is 24.3. The van der Waals surface area contributed by atoms with Gasteiger partial charge >= 0.3 is 12.1 Å². The molecule has 1 aliphatic rings. The normalized spacial score (nSPS) is 13.0. The quantitative estimate of drug-likeness (QED) is 0.420. The van der Waals surface area contributed by atoms with E-state index in [0.717, 1.165) is 6.42 Å². The van der Waals surface area contributed by atoms with Crippen LogP contribution in [0.4, 0.5) is 4.79 Å². The number of amides is 2. The molecule has 8 heteroatoms. The Morgan fingerprint density at radius 1 is 1.00 bits per heavy atom. The zero-order valence-corrected chi connectivity index (χ0v) is 18.7. The van der Waals surface area contributed by atoms with Crippen molar-refractivity contribution >= 4 is 18.0 Å². The predicted octanol–water partition coefficient (Wildman–Crippen LogP) is 3.85. The highest BCUT2D eigenvalue weighted by Gasteiger charge is 2.28. The number of carboxylic acids is 1. The van der Waals surface area contributed by atoms with Gasteiger partial charge in [0.05, 0.1) is 0 Å². The van der Waals surface area contributed by atoms with E-state index in [1.54, 1.807) is 0 Å². The van der Waals surface area contributed by atoms with Crippen LogP contribution in [0.3, 0.4) is 0 Å². The molecule has 0 fully saturated rings. The Bertz CT molecular complexity index is 931. The second-order valence-corrected chi connectivity index (χ2v) is 8.06. The van der Waals surface area contributed by atoms with Crippen LogP contribution in [0.15, 0.2) is 48.5 Å². The van der Waals surface area contributed by atoms with Crippen molar-refractivity contribution in [2.24, 2.45) is 5.92 Å². The minimum absolute atomic E-state index is 0.0217. The lowest BCUT2D eigenvalue weighted by molar-refractivity contribution is -0.149. The molecule has 0 radical (unpaired) electrons. The summed E-state index contributed by atoms with van der Waals surface area (Å²) in [5.74, 6) is -1.25. The Balaban J connectivity index is 1.39. The number of hydrogen-bond donors (Lipinski definition) is 3. The summed E-state index contributed by atoms with van der Waals surface area (Å²) in [5.41, 5.74) is 6.83. The van der Waals surface area contributed by atoms with Crippen molar-refractivity contribution in [3.05, 3.63) is 59.7 Å². The molecule has 0 aliphatic heterocycles. The van der Waals surface area contributed by atoms with Crippen molar-refractivity contribution in [2.45, 2.75) is 38.5 Å². The van der Waals surface area contributed by atoms with E-state index < -0.39 is 18.7 Å². The first-order chi connectivity index (χ1) is 16.0. The van der Waals surface area contributed by atoms with Crippen molar-refractivity contribution in [1.29, 1.82) is 0 Å². The fraction of sp³-hybridized carbons (Fsp3) is 0.400. The molecular formula is C25H30N2O6. The van der Waals surface area contributed by atoms with E-state index in [9.17, 15) is 14.4 Å². The molecule has 2 aromatic carbocycles. The summed E-state index contributed by atoms with van der Waals surface area (Å²) < 4.78 is 5.54. The van der Waals surface area contributed by atoms with E-state index in [4.69, 9.17) is 9.84 Å². The number of carbonyl (C=O) groups is 3. The monoisotopic (exact) mass is 454 g/mol. The summed E-state index contributed by atoms with van der Waals surface area (Å²) in [6.45, 7) is 2.17. The van der Waals surface area contributed by atoms with E-state index in [-0.39, 0.29) is 30.8 Å². The number of ether oxygens (including phenoxy) is 1. The van der Waals surface area contributed by atoms with Crippen molar-refractivity contribution in [3.8, 4) is 11.1 Å². The van der Waals surface area contributed by atoms with Gasteiger partial charge in [0.1, 0.15) is 6.61 Å². The molecule has 33 heavy (non-hydrogen) atoms. The molecule has 1 unspecified atom stereocenters. The van der Waals surface area contributed by atoms with Crippen LogP contribution in [-0.4, -0.2) is 42.8 Å². The van der Waals surface area contributed by atoms with Crippen LogP contribution < -0.4 is 10.8 Å². The summed E-state index contributed by atoms with van der Waals surface area (Å²) in [6, 6.07) is 16.4. The summed E-state index contributed by atoms with van der Waals surface area (Å²) >= 11 is 0. The zero-order valence-electron chi connectivity index (χ0n) is 18.7. The molecule has 8 nitrogen and oxygen atoms in total. The molecule has 176 valence electrons. The number of carbonyl (C=O) groups excluding carboxylic acids is 2. The van der Waals surface area contributed by atoms with Gasteiger partial charge in [-0.15, -0.1) is 0 Å². The summed E-state index contributed by atoms with van der Waals surface area (Å²) in [4.78, 5) is 38.9. The SMILES string of the molecule is CCC(CCNC(=O)OCC1c2ccccc2-c2ccccc21)CCC(=O)NOCC(=O)O. The van der Waals surface area contributed by atoms with Gasteiger partial charge in [-0.05, 0) is 41.0 Å². The number of alkyl carbamates (subject to hydrolysis) is 1. The average Bonchev–Trinajstić information content (AvgIpc) is 3.13. The highest BCUT2D eigenvalue weighted by atomic mass is 16.7. The minimum Gasteiger partial charge on any atom is -0.479 e. The molecule has 2 aromatic rings. The number of hydroxylamine groups is 1. The number of carboxylic acid groups (broad SMARTS) is 1. The van der Waals surface area contributed by atoms with Crippen molar-refractivity contribution in [3.63, 3.8) is 0 Å². The van der Waals surface area contributed by atoms with Gasteiger partial charge in [0.15, 0.2) is 6.61 Å². The molecule has 3 N–H and O–H groups in total. The van der Waals surface area contributed by atoms with E-state index >= 15 is 0 Å². The molecule has 0 aromatic heterocycles. The van der Waals surface area contributed by atoms with Crippen molar-refractivity contribution in [1.82, 2.24) is 10.8 Å². The van der Waals surface area contributed by atoms with E-state index in [2.05, 4.69) is 39.9 Å². The maximum absolute atomic E-state index is 12.3. The number of hydrogen-bond acceptors (Lipinski definition) is 5. The smallest absolute Gasteiger partial charge is 0.407 e. The van der Waals surface area contributed by atoms with Crippen LogP contribution in [0.2, 0.25) is 0 Å². The Hall–Kier alpha value is -3.39. The van der Waals surface area contributed by atoms with Crippen LogP contribution in [0.5, 0.6) is 0 Å². The standard InChI is InChI=1S/C25H30N2O6/c1-2-17(11-12-23(28)27-33-16-24(29)30)13-14-26-25(31)32-15-22-20-9-5-3-7-18(20)19-8-4-6-10-21(19)22/h3-10,17,22H,2,11-16H2,1H3,(H,26,31)(H,27,28)(H,29,30). The molecule has 1 atom stereocenters. The minimum atomic E-state index is -1.15. The maximum Gasteiger partial charge on any atom is 0.407 e. The first-order valence-electron chi connectivity index (χ1n) is 11.2. The highest BCUT2D eigenvalue weighted by molar-refractivity contribution is 5.79. The molecule has 1 aliphatic carbocycles. The molecule has 0 heterocycles. The van der Waals surface area contributed by atoms with Gasteiger partial charge in [-0.1, -0.05) is 61.9 Å². The molecule has 3 rings (SSSR count). The second kappa shape index (κ2) is 12.0. The van der Waals surface area contributed by atoms with Crippen LogP contribution in [0.1, 0.15) is 49.7 Å². The van der Waals surface area contributed by atoms with Crippen molar-refractivity contribution in [2.75, 3.05) is 19.8 Å². The third-order valence-corrected chi connectivity index (χ3v) is 5.90. The van der Waals surface area contributed by atoms with Gasteiger partial charge in [0.2, 0.25) is 5.91 Å². The third kappa shape index (κ3) is 6.79. The maximum atomic E-state index is 12.3. The molecule has 2 amide bonds. The highest BCUT2D eigenvalue weighted by Crippen LogP contribution is 2.44. The number of fused-ring (bicyclic) bond motifs is 3. The largest absolute Gasteiger partial charge is 0.479 e. The Kier molecular flexibility index (Phi) is 8.83. The van der Waals surface area contributed by atoms with Gasteiger partial charge in [0, 0.05) is 18.9 Å². The van der Waals surface area contributed by atoms with Gasteiger partial charge in [-0.25, -0.2) is 15.1 Å². The fourth-order valence-corrected chi connectivity index (χ4v) is 4.14. The molecule has 0 saturated heterocycles. The van der Waals surface area contributed by atoms with Crippen LogP contribution >= 0.6 is 0 Å². The third-order valence-electron chi connectivity index (χ3n) is 5.90. The second-order valence-electron chi connectivity index (χ2n) is 8.06. The molecule has 0 bridgehead atoms. The predicted molar refractivity (Wildman–Crippen MR) is 122 cm³/mol. The Morgan fingerprint density at radius 2 is 1.64 bits per heavy atom. The average molecular weight is 455 g/mol. The topological polar surface area (TPSA) is 114 Å². The van der Waals surface area contributed by atoms with Gasteiger partial charge in [-0.2, -0.15) is 0 Å². The van der Waals surface area contributed by atoms with Crippen LogP contribution in [0.25, 0.3) is 11.1 Å². The number of aliphatic carboxylic acids is 1. The number of rotatable bonds is 12. The van der Waals surface area contributed by atoms with E-state index in [1.165, 1.54) is 22.3 Å². The van der Waals surface area contributed by atoms with Crippen LogP contribution in [-0.2, 0) is 19.2 Å². The number of nitrogens with one attached hydrogen (secondary N) is 2. The van der Waals surface area contributed by atoms with Crippen molar-refractivity contribution < 1.29 is 29.1 Å². The lowest BCUT2D eigenvalue weighted by Gasteiger charge is -2.16. The Morgan fingerprint density at radius 3 is 2.24 bits per heavy atom. The van der Waals surface area contributed by atoms with Gasteiger partial charge < -0.3 is 15.2 Å².